The molecule has 0 aliphatic heterocycles. The number of fused-ring (bicyclic) bond motifs is 1. The van der Waals surface area contributed by atoms with Crippen LogP contribution in [0.2, 0.25) is 0 Å². The van der Waals surface area contributed by atoms with Gasteiger partial charge >= 0.3 is 0 Å². The van der Waals surface area contributed by atoms with Gasteiger partial charge in [0.15, 0.2) is 11.0 Å². The highest BCUT2D eigenvalue weighted by Crippen LogP contribution is 2.74. The number of hydrogen-bond donors (Lipinski definition) is 2. The van der Waals surface area contributed by atoms with Crippen LogP contribution in [0.3, 0.4) is 0 Å². The molecule has 2 amide bonds. The Bertz CT molecular complexity index is 1310. The third kappa shape index (κ3) is 2.62. The molecule has 6 heteroatoms. The van der Waals surface area contributed by atoms with Crippen molar-refractivity contribution in [1.29, 1.82) is 0 Å². The van der Waals surface area contributed by atoms with E-state index in [4.69, 9.17) is 16.2 Å². The van der Waals surface area contributed by atoms with Crippen molar-refractivity contribution in [1.82, 2.24) is 4.98 Å². The molecule has 1 aliphatic carbocycles. The minimum Gasteiger partial charge on any atom is -0.464 e. The van der Waals surface area contributed by atoms with Crippen LogP contribution in [0.1, 0.15) is 17.0 Å². The summed E-state index contributed by atoms with van der Waals surface area (Å²) >= 11 is 0. The smallest absolute Gasteiger partial charge is 0.238 e. The van der Waals surface area contributed by atoms with Crippen LogP contribution in [0.15, 0.2) is 97.1 Å². The van der Waals surface area contributed by atoms with E-state index in [0.29, 0.717) is 5.56 Å². The van der Waals surface area contributed by atoms with Crippen molar-refractivity contribution in [3.05, 3.63) is 108 Å². The molecule has 2 unspecified atom stereocenters. The lowest BCUT2D eigenvalue weighted by Crippen LogP contribution is -2.44. The highest BCUT2D eigenvalue weighted by molar-refractivity contribution is 6.11. The number of carbonyl (C=O) groups excluding carboxylic acids is 2. The van der Waals surface area contributed by atoms with E-state index in [-0.39, 0.29) is 5.88 Å². The highest BCUT2D eigenvalue weighted by Gasteiger charge is 2.87. The number of nitrogens with zero attached hydrogens (tertiary/aromatic N) is 1. The molecule has 1 heterocycles. The summed E-state index contributed by atoms with van der Waals surface area (Å²) < 4.78 is 6.50. The Kier molecular flexibility index (Phi) is 4.44. The molecule has 4 aromatic rings. The van der Waals surface area contributed by atoms with Crippen LogP contribution in [0.4, 0.5) is 0 Å². The second-order valence-electron chi connectivity index (χ2n) is 7.93. The monoisotopic (exact) mass is 423 g/mol. The number of amides is 2. The van der Waals surface area contributed by atoms with Crippen LogP contribution in [0, 0.1) is 5.41 Å². The minimum absolute atomic E-state index is 0.276. The molecule has 0 radical (unpaired) electrons. The zero-order valence-corrected chi connectivity index (χ0v) is 17.1. The number of hydrogen-bond acceptors (Lipinski definition) is 4. The van der Waals surface area contributed by atoms with Gasteiger partial charge in [0.2, 0.25) is 17.7 Å². The predicted octanol–water partition coefficient (Wildman–Crippen LogP) is 3.26. The van der Waals surface area contributed by atoms with Gasteiger partial charge in [0.1, 0.15) is 0 Å². The number of aromatic nitrogens is 1. The zero-order valence-electron chi connectivity index (χ0n) is 17.1. The van der Waals surface area contributed by atoms with E-state index in [9.17, 15) is 9.59 Å². The summed E-state index contributed by atoms with van der Waals surface area (Å²) in [5.41, 5.74) is 10.6. The molecule has 4 N–H and O–H groups in total. The lowest BCUT2D eigenvalue weighted by Gasteiger charge is -2.23. The molecular formula is C26H21N3O3. The van der Waals surface area contributed by atoms with Crippen molar-refractivity contribution in [2.24, 2.45) is 16.9 Å². The van der Waals surface area contributed by atoms with Crippen LogP contribution in [-0.2, 0) is 15.2 Å². The maximum absolute atomic E-state index is 12.9. The number of primary amides is 2. The van der Waals surface area contributed by atoms with Crippen LogP contribution in [0.5, 0.6) is 5.88 Å². The van der Waals surface area contributed by atoms with E-state index in [1.807, 2.05) is 91.0 Å². The lowest BCUT2D eigenvalue weighted by molar-refractivity contribution is -0.136. The number of carbonyl (C=O) groups is 2. The average Bonchev–Trinajstić information content (AvgIpc) is 3.45. The molecule has 6 nitrogen and oxygen atoms in total. The Labute approximate surface area is 184 Å². The van der Waals surface area contributed by atoms with Gasteiger partial charge in [-0.3, -0.25) is 9.59 Å². The second kappa shape index (κ2) is 7.20. The highest BCUT2D eigenvalue weighted by atomic mass is 16.5. The summed E-state index contributed by atoms with van der Waals surface area (Å²) in [6.45, 7) is 0. The fourth-order valence-electron chi connectivity index (χ4n) is 4.90. The quantitative estimate of drug-likeness (QED) is 0.464. The summed E-state index contributed by atoms with van der Waals surface area (Å²) in [6.07, 6.45) is 0. The topological polar surface area (TPSA) is 108 Å². The van der Waals surface area contributed by atoms with Crippen molar-refractivity contribution < 1.29 is 14.3 Å². The number of ether oxygens (including phenoxy) is 1. The summed E-state index contributed by atoms with van der Waals surface area (Å²) in [5, 5.41) is 0.945. The standard InChI is InChI=1S/C26H21N3O3/c27-23(30)25(24(28)31)22(18-10-3-1-4-11-18)26(25,19-12-5-2-6-13-19)32-21-16-15-17-9-7-8-14-20(17)29-21/h1-16,22H,(H2,27,30)(H2,28,31). The molecule has 1 aromatic heterocycles. The number of para-hydroxylation sites is 1. The third-order valence-electron chi connectivity index (χ3n) is 6.29. The number of nitrogens with two attached hydrogens (primary N) is 2. The molecule has 158 valence electrons. The molecule has 1 aliphatic rings. The molecule has 0 bridgehead atoms. The molecule has 5 rings (SSSR count). The summed E-state index contributed by atoms with van der Waals surface area (Å²) in [7, 11) is 0. The van der Waals surface area contributed by atoms with E-state index >= 15 is 0 Å². The van der Waals surface area contributed by atoms with E-state index in [2.05, 4.69) is 4.98 Å². The van der Waals surface area contributed by atoms with Gasteiger partial charge in [-0.15, -0.1) is 0 Å². The molecular weight excluding hydrogens is 402 g/mol. The van der Waals surface area contributed by atoms with Crippen molar-refractivity contribution in [2.45, 2.75) is 11.5 Å². The van der Waals surface area contributed by atoms with E-state index in [0.717, 1.165) is 16.5 Å². The van der Waals surface area contributed by atoms with E-state index in [1.54, 1.807) is 6.07 Å². The number of pyridine rings is 1. The molecule has 2 atom stereocenters. The van der Waals surface area contributed by atoms with E-state index in [1.165, 1.54) is 0 Å². The molecule has 0 saturated heterocycles. The maximum atomic E-state index is 12.9. The first-order chi connectivity index (χ1) is 15.5. The van der Waals surface area contributed by atoms with Crippen LogP contribution in [0.25, 0.3) is 10.9 Å². The summed E-state index contributed by atoms with van der Waals surface area (Å²) in [6, 6.07) is 29.6. The van der Waals surface area contributed by atoms with Crippen molar-refractivity contribution in [3.8, 4) is 5.88 Å². The Morgan fingerprint density at radius 3 is 2.00 bits per heavy atom. The Hall–Kier alpha value is -4.19. The Morgan fingerprint density at radius 2 is 1.34 bits per heavy atom. The molecule has 32 heavy (non-hydrogen) atoms. The molecule has 0 spiro atoms. The average molecular weight is 423 g/mol. The lowest BCUT2D eigenvalue weighted by atomic mass is 9.93. The Morgan fingerprint density at radius 1 is 0.750 bits per heavy atom. The molecule has 1 fully saturated rings. The number of rotatable bonds is 6. The zero-order chi connectivity index (χ0) is 22.3. The fraction of sp³-hybridized carbons (Fsp3) is 0.115. The Balaban J connectivity index is 1.75. The first-order valence-corrected chi connectivity index (χ1v) is 10.3. The van der Waals surface area contributed by atoms with Crippen molar-refractivity contribution in [3.63, 3.8) is 0 Å². The maximum Gasteiger partial charge on any atom is 0.238 e. The summed E-state index contributed by atoms with van der Waals surface area (Å²) in [4.78, 5) is 30.5. The molecule has 3 aromatic carbocycles. The second-order valence-corrected chi connectivity index (χ2v) is 7.93. The fourth-order valence-corrected chi connectivity index (χ4v) is 4.90. The van der Waals surface area contributed by atoms with Crippen molar-refractivity contribution in [2.75, 3.05) is 0 Å². The van der Waals surface area contributed by atoms with Gasteiger partial charge in [-0.1, -0.05) is 78.9 Å². The van der Waals surface area contributed by atoms with Crippen LogP contribution < -0.4 is 16.2 Å². The minimum atomic E-state index is -1.77. The van der Waals surface area contributed by atoms with Gasteiger partial charge in [0.05, 0.1) is 11.4 Å². The van der Waals surface area contributed by atoms with Gasteiger partial charge in [-0.2, -0.15) is 0 Å². The van der Waals surface area contributed by atoms with Gasteiger partial charge in [0, 0.05) is 11.5 Å². The van der Waals surface area contributed by atoms with Crippen molar-refractivity contribution >= 4 is 22.7 Å². The third-order valence-corrected chi connectivity index (χ3v) is 6.29. The largest absolute Gasteiger partial charge is 0.464 e. The van der Waals surface area contributed by atoms with Gasteiger partial charge in [-0.05, 0) is 23.3 Å². The number of benzene rings is 3. The van der Waals surface area contributed by atoms with Gasteiger partial charge in [-0.25, -0.2) is 4.98 Å². The predicted molar refractivity (Wildman–Crippen MR) is 120 cm³/mol. The summed E-state index contributed by atoms with van der Waals surface area (Å²) in [5.74, 6) is -2.09. The SMILES string of the molecule is NC(=O)C1(C(N)=O)C(c2ccccc2)C1(Oc1ccc2ccccc2n1)c1ccccc1. The van der Waals surface area contributed by atoms with Crippen LogP contribution >= 0.6 is 0 Å². The molecule has 1 saturated carbocycles. The normalized spacial score (nSPS) is 21.1. The first-order valence-electron chi connectivity index (χ1n) is 10.3. The van der Waals surface area contributed by atoms with Crippen LogP contribution in [-0.4, -0.2) is 16.8 Å². The van der Waals surface area contributed by atoms with E-state index < -0.39 is 28.7 Å². The van der Waals surface area contributed by atoms with Gasteiger partial charge < -0.3 is 16.2 Å². The van der Waals surface area contributed by atoms with Gasteiger partial charge in [0.25, 0.3) is 0 Å². The first kappa shape index (κ1) is 19.8.